The minimum absolute atomic E-state index is 0.263. The van der Waals surface area contributed by atoms with Crippen LogP contribution in [0, 0.1) is 24.7 Å². The lowest BCUT2D eigenvalue weighted by molar-refractivity contribution is -0.211. The Hall–Kier alpha value is -2.49. The Balaban J connectivity index is 3.77. The van der Waals surface area contributed by atoms with E-state index in [1.807, 2.05) is 0 Å². The van der Waals surface area contributed by atoms with E-state index < -0.39 is 39.1 Å². The van der Waals surface area contributed by atoms with Gasteiger partial charge in [-0.3, -0.25) is 0 Å². The van der Waals surface area contributed by atoms with Crippen LogP contribution in [-0.4, -0.2) is 44.1 Å². The summed E-state index contributed by atoms with van der Waals surface area (Å²) in [5.41, 5.74) is -3.89. The van der Waals surface area contributed by atoms with Crippen molar-refractivity contribution in [2.75, 3.05) is 13.7 Å². The van der Waals surface area contributed by atoms with Gasteiger partial charge in [-0.25, -0.2) is 13.2 Å². The molecular weight excluding hydrogens is 347 g/mol. The number of methoxy groups -OCH3 is 1. The normalized spacial score (nSPS) is 14.3. The number of halogens is 3. The molecule has 0 aliphatic rings. The molecule has 0 spiro atoms. The van der Waals surface area contributed by atoms with Crippen LogP contribution in [0.25, 0.3) is 0 Å². The van der Waals surface area contributed by atoms with E-state index >= 15 is 0 Å². The summed E-state index contributed by atoms with van der Waals surface area (Å²) in [5.74, 6) is 1.02. The van der Waals surface area contributed by atoms with Crippen LogP contribution in [0.5, 0.6) is 0 Å². The lowest BCUT2D eigenvalue weighted by Crippen LogP contribution is -2.65. The zero-order chi connectivity index (χ0) is 18.6. The smallest absolute Gasteiger partial charge is 0.430 e. The summed E-state index contributed by atoms with van der Waals surface area (Å²) in [5, 5.41) is 0. The predicted molar refractivity (Wildman–Crippen MR) is 78.8 cm³/mol. The number of esters is 1. The highest BCUT2D eigenvalue weighted by atomic mass is 32.2. The van der Waals surface area contributed by atoms with Gasteiger partial charge in [0.25, 0.3) is 5.54 Å². The molecule has 1 aromatic carbocycles. The molecule has 128 valence electrons. The van der Waals surface area contributed by atoms with Crippen LogP contribution in [0.1, 0.15) is 0 Å². The van der Waals surface area contributed by atoms with Gasteiger partial charge in [-0.15, -0.1) is 17.2 Å². The predicted octanol–water partition coefficient (Wildman–Crippen LogP) is 1.42. The van der Waals surface area contributed by atoms with Crippen molar-refractivity contribution in [3.05, 3.63) is 30.3 Å². The summed E-state index contributed by atoms with van der Waals surface area (Å²) < 4.78 is 69.9. The minimum atomic E-state index is -5.46. The second-order valence-corrected chi connectivity index (χ2v) is 6.24. The molecule has 24 heavy (non-hydrogen) atoms. The quantitative estimate of drug-likeness (QED) is 0.589. The molecule has 0 aliphatic heterocycles. The first-order chi connectivity index (χ1) is 11.1. The lowest BCUT2D eigenvalue weighted by Gasteiger charge is -2.36. The first-order valence-electron chi connectivity index (χ1n) is 6.23. The molecule has 0 aliphatic carbocycles. The molecule has 0 saturated heterocycles. The van der Waals surface area contributed by atoms with Gasteiger partial charge >= 0.3 is 12.1 Å². The number of hydrogen-bond donors (Lipinski definition) is 0. The fraction of sp³-hybridized carbons (Fsp3) is 0.267. The average Bonchev–Trinajstić information content (AvgIpc) is 2.54. The second-order valence-electron chi connectivity index (χ2n) is 4.37. The van der Waals surface area contributed by atoms with Crippen molar-refractivity contribution in [3.8, 4) is 24.7 Å². The molecule has 1 unspecified atom stereocenters. The van der Waals surface area contributed by atoms with Crippen molar-refractivity contribution in [2.45, 2.75) is 16.6 Å². The SMILES string of the molecule is C#CCN(C(C#C)(C(=O)OC)C(F)(F)F)S(=O)(=O)c1ccccc1. The van der Waals surface area contributed by atoms with E-state index in [4.69, 9.17) is 12.8 Å². The Kier molecular flexibility index (Phi) is 5.67. The van der Waals surface area contributed by atoms with Crippen molar-refractivity contribution in [2.24, 2.45) is 0 Å². The first-order valence-corrected chi connectivity index (χ1v) is 7.67. The van der Waals surface area contributed by atoms with Gasteiger partial charge in [-0.2, -0.15) is 13.2 Å². The van der Waals surface area contributed by atoms with E-state index in [9.17, 15) is 26.4 Å². The van der Waals surface area contributed by atoms with Crippen LogP contribution in [-0.2, 0) is 19.6 Å². The average molecular weight is 359 g/mol. The van der Waals surface area contributed by atoms with Crippen LogP contribution in [0.3, 0.4) is 0 Å². The highest BCUT2D eigenvalue weighted by Crippen LogP contribution is 2.39. The van der Waals surface area contributed by atoms with Gasteiger partial charge in [0.2, 0.25) is 10.0 Å². The highest BCUT2D eigenvalue weighted by Gasteiger charge is 2.67. The maximum absolute atomic E-state index is 13.6. The van der Waals surface area contributed by atoms with Crippen molar-refractivity contribution in [3.63, 3.8) is 0 Å². The summed E-state index contributed by atoms with van der Waals surface area (Å²) in [4.78, 5) is 11.3. The number of carbonyl (C=O) groups excluding carboxylic acids is 1. The molecule has 5 nitrogen and oxygen atoms in total. The molecule has 0 saturated carbocycles. The van der Waals surface area contributed by atoms with Crippen molar-refractivity contribution >= 4 is 16.0 Å². The number of ether oxygens (including phenoxy) is 1. The maximum atomic E-state index is 13.6. The molecule has 0 radical (unpaired) electrons. The number of benzene rings is 1. The van der Waals surface area contributed by atoms with Gasteiger partial charge < -0.3 is 4.74 Å². The number of rotatable bonds is 5. The highest BCUT2D eigenvalue weighted by molar-refractivity contribution is 7.89. The molecule has 9 heteroatoms. The van der Waals surface area contributed by atoms with Gasteiger partial charge in [-0.05, 0) is 12.1 Å². The Morgan fingerprint density at radius 3 is 2.17 bits per heavy atom. The van der Waals surface area contributed by atoms with E-state index in [0.29, 0.717) is 7.11 Å². The van der Waals surface area contributed by atoms with E-state index in [0.717, 1.165) is 12.1 Å². The van der Waals surface area contributed by atoms with Crippen LogP contribution < -0.4 is 0 Å². The minimum Gasteiger partial charge on any atom is -0.467 e. The third-order valence-electron chi connectivity index (χ3n) is 3.04. The zero-order valence-corrected chi connectivity index (χ0v) is 13.2. The van der Waals surface area contributed by atoms with E-state index in [1.54, 1.807) is 5.92 Å². The topological polar surface area (TPSA) is 63.7 Å². The van der Waals surface area contributed by atoms with Crippen LogP contribution >= 0.6 is 0 Å². The van der Waals surface area contributed by atoms with Crippen molar-refractivity contribution < 1.29 is 31.1 Å². The molecular formula is C15H12F3NO4S. The van der Waals surface area contributed by atoms with E-state index in [1.165, 1.54) is 24.1 Å². The van der Waals surface area contributed by atoms with Crippen molar-refractivity contribution in [1.29, 1.82) is 0 Å². The molecule has 0 N–H and O–H groups in total. The molecule has 0 fully saturated rings. The Morgan fingerprint density at radius 2 is 1.79 bits per heavy atom. The second kappa shape index (κ2) is 6.95. The molecule has 0 heterocycles. The van der Waals surface area contributed by atoms with Crippen LogP contribution in [0.2, 0.25) is 0 Å². The van der Waals surface area contributed by atoms with Gasteiger partial charge in [-0.1, -0.05) is 30.0 Å². The first kappa shape index (κ1) is 19.6. The molecule has 0 amide bonds. The lowest BCUT2D eigenvalue weighted by atomic mass is 10.00. The Bertz CT molecular complexity index is 791. The molecule has 1 rings (SSSR count). The molecule has 0 bridgehead atoms. The summed E-state index contributed by atoms with van der Waals surface area (Å²) in [6, 6.07) is 6.15. The molecule has 1 atom stereocenters. The number of hydrogen-bond acceptors (Lipinski definition) is 4. The third kappa shape index (κ3) is 3.09. The summed E-state index contributed by atoms with van der Waals surface area (Å²) in [6.07, 6.45) is 4.46. The number of terminal acetylenes is 2. The van der Waals surface area contributed by atoms with Gasteiger partial charge in [0.1, 0.15) is 0 Å². The van der Waals surface area contributed by atoms with Gasteiger partial charge in [0.05, 0.1) is 18.6 Å². The molecule has 1 aromatic rings. The summed E-state index contributed by atoms with van der Waals surface area (Å²) in [7, 11) is -4.19. The summed E-state index contributed by atoms with van der Waals surface area (Å²) in [6.45, 7) is -1.09. The van der Waals surface area contributed by atoms with E-state index in [2.05, 4.69) is 4.74 Å². The Morgan fingerprint density at radius 1 is 1.25 bits per heavy atom. The van der Waals surface area contributed by atoms with Gasteiger partial charge in [0.15, 0.2) is 0 Å². The van der Waals surface area contributed by atoms with Crippen LogP contribution in [0.15, 0.2) is 35.2 Å². The third-order valence-corrected chi connectivity index (χ3v) is 4.89. The van der Waals surface area contributed by atoms with Crippen molar-refractivity contribution in [1.82, 2.24) is 4.31 Å². The van der Waals surface area contributed by atoms with Gasteiger partial charge in [0, 0.05) is 0 Å². The fourth-order valence-electron chi connectivity index (χ4n) is 1.91. The fourth-order valence-corrected chi connectivity index (χ4v) is 3.50. The maximum Gasteiger partial charge on any atom is 0.430 e. The number of carbonyl (C=O) groups is 1. The largest absolute Gasteiger partial charge is 0.467 e. The summed E-state index contributed by atoms with van der Waals surface area (Å²) >= 11 is 0. The van der Waals surface area contributed by atoms with E-state index in [-0.39, 0.29) is 4.31 Å². The monoisotopic (exact) mass is 359 g/mol. The number of sulfonamides is 1. The standard InChI is InChI=1S/C15H12F3NO4S/c1-4-11-19(24(21,22)12-9-7-6-8-10-12)14(5-2,13(20)23-3)15(16,17)18/h1-2,6-10H,11H2,3H3. The van der Waals surface area contributed by atoms with Crippen LogP contribution in [0.4, 0.5) is 13.2 Å². The Labute approximate surface area is 137 Å². The number of alkyl halides is 3. The zero-order valence-electron chi connectivity index (χ0n) is 12.4. The number of nitrogens with zero attached hydrogens (tertiary/aromatic N) is 1. The molecule has 0 aromatic heterocycles.